The van der Waals surface area contributed by atoms with Crippen molar-refractivity contribution in [2.75, 3.05) is 0 Å². The minimum atomic E-state index is -0.687. The number of hydrogen-bond donors (Lipinski definition) is 1. The van der Waals surface area contributed by atoms with Crippen LogP contribution in [0.5, 0.6) is 0 Å². The Bertz CT molecular complexity index is 294. The van der Waals surface area contributed by atoms with Gasteiger partial charge in [0.05, 0.1) is 5.92 Å². The summed E-state index contributed by atoms with van der Waals surface area (Å²) < 4.78 is 0. The summed E-state index contributed by atoms with van der Waals surface area (Å²) in [6.07, 6.45) is 7.01. The van der Waals surface area contributed by atoms with Crippen molar-refractivity contribution in [3.05, 3.63) is 23.3 Å². The van der Waals surface area contributed by atoms with Gasteiger partial charge in [0.25, 0.3) is 0 Å². The fourth-order valence-corrected chi connectivity index (χ4v) is 1.68. The minimum absolute atomic E-state index is 0.189. The van der Waals surface area contributed by atoms with E-state index in [1.807, 2.05) is 13.8 Å². The van der Waals surface area contributed by atoms with Crippen molar-refractivity contribution in [2.45, 2.75) is 53.9 Å². The summed E-state index contributed by atoms with van der Waals surface area (Å²) in [6.45, 7) is 10.2. The lowest BCUT2D eigenvalue weighted by molar-refractivity contribution is -0.143. The van der Waals surface area contributed by atoms with Crippen LogP contribution < -0.4 is 0 Å². The zero-order valence-electron chi connectivity index (χ0n) is 11.8. The summed E-state index contributed by atoms with van der Waals surface area (Å²) in [6, 6.07) is 0. The first-order valence-corrected chi connectivity index (χ1v) is 6.36. The van der Waals surface area contributed by atoms with E-state index in [2.05, 4.69) is 32.9 Å². The molecule has 0 spiro atoms. The minimum Gasteiger partial charge on any atom is -0.481 e. The zero-order chi connectivity index (χ0) is 13.4. The molecule has 2 nitrogen and oxygen atoms in total. The Labute approximate surface area is 105 Å². The van der Waals surface area contributed by atoms with Crippen molar-refractivity contribution < 1.29 is 9.90 Å². The van der Waals surface area contributed by atoms with Crippen molar-refractivity contribution >= 4 is 5.97 Å². The van der Waals surface area contributed by atoms with Gasteiger partial charge in [-0.25, -0.2) is 0 Å². The second-order valence-corrected chi connectivity index (χ2v) is 5.30. The summed E-state index contributed by atoms with van der Waals surface area (Å²) in [5.74, 6) is -0.754. The average Bonchev–Trinajstić information content (AvgIpc) is 2.15. The maximum Gasteiger partial charge on any atom is 0.307 e. The maximum absolute atomic E-state index is 11.0. The highest BCUT2D eigenvalue weighted by Crippen LogP contribution is 2.18. The van der Waals surface area contributed by atoms with Crippen LogP contribution in [0.25, 0.3) is 0 Å². The Morgan fingerprint density at radius 1 is 1.18 bits per heavy atom. The van der Waals surface area contributed by atoms with E-state index in [0.717, 1.165) is 12.8 Å². The van der Waals surface area contributed by atoms with Crippen LogP contribution in [0.1, 0.15) is 53.9 Å². The van der Waals surface area contributed by atoms with Crippen molar-refractivity contribution in [3.63, 3.8) is 0 Å². The second-order valence-electron chi connectivity index (χ2n) is 5.30. The van der Waals surface area contributed by atoms with Crippen LogP contribution in [-0.4, -0.2) is 11.1 Å². The van der Waals surface area contributed by atoms with Gasteiger partial charge in [-0.2, -0.15) is 0 Å². The van der Waals surface area contributed by atoms with E-state index in [0.29, 0.717) is 6.42 Å². The number of rotatable bonds is 7. The molecule has 1 unspecified atom stereocenters. The molecule has 0 fully saturated rings. The number of carboxylic acids is 1. The van der Waals surface area contributed by atoms with E-state index in [-0.39, 0.29) is 11.8 Å². The standard InChI is InChI=1S/C15H26O2/c1-11(2)7-6-8-13(5)9-10-14(12(3)4)15(16)17/h7,9,12,14H,6,8,10H2,1-5H3,(H,16,17)/b13-9+. The molecule has 0 saturated carbocycles. The van der Waals surface area contributed by atoms with Crippen LogP contribution >= 0.6 is 0 Å². The molecule has 0 aromatic rings. The van der Waals surface area contributed by atoms with Crippen LogP contribution in [0.3, 0.4) is 0 Å². The van der Waals surface area contributed by atoms with Crippen LogP contribution in [0.4, 0.5) is 0 Å². The Kier molecular flexibility index (Phi) is 7.60. The van der Waals surface area contributed by atoms with Gasteiger partial charge in [0.1, 0.15) is 0 Å². The van der Waals surface area contributed by atoms with Gasteiger partial charge in [0.15, 0.2) is 0 Å². The van der Waals surface area contributed by atoms with Gasteiger partial charge in [-0.15, -0.1) is 0 Å². The summed E-state index contributed by atoms with van der Waals surface area (Å²) >= 11 is 0. The largest absolute Gasteiger partial charge is 0.481 e. The van der Waals surface area contributed by atoms with E-state index in [4.69, 9.17) is 5.11 Å². The van der Waals surface area contributed by atoms with E-state index < -0.39 is 5.97 Å². The highest BCUT2D eigenvalue weighted by molar-refractivity contribution is 5.70. The smallest absolute Gasteiger partial charge is 0.307 e. The highest BCUT2D eigenvalue weighted by Gasteiger charge is 2.19. The summed E-state index contributed by atoms with van der Waals surface area (Å²) in [7, 11) is 0. The molecule has 0 radical (unpaired) electrons. The molecule has 0 aliphatic rings. The molecule has 98 valence electrons. The van der Waals surface area contributed by atoms with Gasteiger partial charge in [-0.05, 0) is 46.0 Å². The quantitative estimate of drug-likeness (QED) is 0.666. The van der Waals surface area contributed by atoms with Crippen LogP contribution in [0.2, 0.25) is 0 Å². The van der Waals surface area contributed by atoms with Gasteiger partial charge in [-0.1, -0.05) is 37.1 Å². The third-order valence-electron chi connectivity index (χ3n) is 2.93. The van der Waals surface area contributed by atoms with Crippen molar-refractivity contribution in [2.24, 2.45) is 11.8 Å². The van der Waals surface area contributed by atoms with Gasteiger partial charge < -0.3 is 5.11 Å². The Morgan fingerprint density at radius 3 is 2.18 bits per heavy atom. The molecule has 1 N–H and O–H groups in total. The molecule has 0 aromatic carbocycles. The number of hydrogen-bond acceptors (Lipinski definition) is 1. The third kappa shape index (κ3) is 7.78. The molecule has 0 rings (SSSR count). The Morgan fingerprint density at radius 2 is 1.76 bits per heavy atom. The Balaban J connectivity index is 4.20. The van der Waals surface area contributed by atoms with Crippen LogP contribution in [0, 0.1) is 11.8 Å². The summed E-state index contributed by atoms with van der Waals surface area (Å²) in [5, 5.41) is 9.07. The van der Waals surface area contributed by atoms with Crippen molar-refractivity contribution in [1.29, 1.82) is 0 Å². The fourth-order valence-electron chi connectivity index (χ4n) is 1.68. The van der Waals surface area contributed by atoms with E-state index in [1.165, 1.54) is 11.1 Å². The third-order valence-corrected chi connectivity index (χ3v) is 2.93. The SMILES string of the molecule is CC(C)=CCC/C(C)=C/CC(C(=O)O)C(C)C. The molecule has 0 amide bonds. The molecular formula is C15H26O2. The number of aliphatic carboxylic acids is 1. The molecule has 0 saturated heterocycles. The van der Waals surface area contributed by atoms with E-state index in [1.54, 1.807) is 0 Å². The second kappa shape index (κ2) is 8.10. The first-order valence-electron chi connectivity index (χ1n) is 6.36. The fraction of sp³-hybridized carbons (Fsp3) is 0.667. The number of carbonyl (C=O) groups is 1. The number of carboxylic acid groups (broad SMARTS) is 1. The lowest BCUT2D eigenvalue weighted by atomic mass is 9.91. The monoisotopic (exact) mass is 238 g/mol. The van der Waals surface area contributed by atoms with Gasteiger partial charge in [-0.3, -0.25) is 4.79 Å². The molecular weight excluding hydrogens is 212 g/mol. The summed E-state index contributed by atoms with van der Waals surface area (Å²) in [5.41, 5.74) is 2.62. The lowest BCUT2D eigenvalue weighted by Crippen LogP contribution is -2.18. The van der Waals surface area contributed by atoms with Crippen LogP contribution in [0.15, 0.2) is 23.3 Å². The molecule has 0 aromatic heterocycles. The van der Waals surface area contributed by atoms with Gasteiger partial charge in [0.2, 0.25) is 0 Å². The molecule has 0 bridgehead atoms. The zero-order valence-corrected chi connectivity index (χ0v) is 11.8. The predicted molar refractivity (Wildman–Crippen MR) is 73.0 cm³/mol. The van der Waals surface area contributed by atoms with Crippen molar-refractivity contribution in [3.8, 4) is 0 Å². The van der Waals surface area contributed by atoms with E-state index >= 15 is 0 Å². The first kappa shape index (κ1) is 16.0. The van der Waals surface area contributed by atoms with Crippen LogP contribution in [-0.2, 0) is 4.79 Å². The van der Waals surface area contributed by atoms with Gasteiger partial charge in [0, 0.05) is 0 Å². The lowest BCUT2D eigenvalue weighted by Gasteiger charge is -2.14. The normalized spacial score (nSPS) is 13.6. The van der Waals surface area contributed by atoms with Crippen molar-refractivity contribution in [1.82, 2.24) is 0 Å². The molecule has 0 heterocycles. The molecule has 2 heteroatoms. The molecule has 0 aliphatic heterocycles. The maximum atomic E-state index is 11.0. The number of allylic oxidation sites excluding steroid dienone is 4. The van der Waals surface area contributed by atoms with Gasteiger partial charge >= 0.3 is 5.97 Å². The predicted octanol–water partition coefficient (Wildman–Crippen LogP) is 4.43. The first-order chi connectivity index (χ1) is 7.84. The topological polar surface area (TPSA) is 37.3 Å². The average molecular weight is 238 g/mol. The molecule has 0 aliphatic carbocycles. The molecule has 17 heavy (non-hydrogen) atoms. The molecule has 1 atom stereocenters. The summed E-state index contributed by atoms with van der Waals surface area (Å²) in [4.78, 5) is 11.0. The van der Waals surface area contributed by atoms with E-state index in [9.17, 15) is 4.79 Å². The Hall–Kier alpha value is -1.05. The highest BCUT2D eigenvalue weighted by atomic mass is 16.4.